The van der Waals surface area contributed by atoms with Crippen molar-refractivity contribution in [2.24, 2.45) is 0 Å². The lowest BCUT2D eigenvalue weighted by Crippen LogP contribution is -2.38. The van der Waals surface area contributed by atoms with Gasteiger partial charge in [0, 0.05) is 55.7 Å². The fraction of sp³-hybridized carbons (Fsp3) is 0.529. The van der Waals surface area contributed by atoms with Crippen LogP contribution in [0.5, 0.6) is 0 Å². The molecule has 3 rings (SSSR count). The van der Waals surface area contributed by atoms with E-state index in [-0.39, 0.29) is 0 Å². The Balaban J connectivity index is 1.50. The van der Waals surface area contributed by atoms with Crippen molar-refractivity contribution in [1.82, 2.24) is 14.9 Å². The van der Waals surface area contributed by atoms with Crippen molar-refractivity contribution < 1.29 is 0 Å². The first-order valence-corrected chi connectivity index (χ1v) is 8.96. The highest BCUT2D eigenvalue weighted by atomic mass is 32.1. The molecule has 1 fully saturated rings. The molecule has 1 saturated heterocycles. The largest absolute Gasteiger partial charge is 0.367 e. The Kier molecular flexibility index (Phi) is 5.13. The topological polar surface area (TPSA) is 44.3 Å². The summed E-state index contributed by atoms with van der Waals surface area (Å²) in [4.78, 5) is 16.2. The van der Waals surface area contributed by atoms with Crippen molar-refractivity contribution in [3.63, 3.8) is 0 Å². The van der Waals surface area contributed by atoms with Crippen molar-refractivity contribution in [1.29, 1.82) is 0 Å². The third-order valence-electron chi connectivity index (χ3n) is 4.16. The highest BCUT2D eigenvalue weighted by Gasteiger charge is 2.20. The summed E-state index contributed by atoms with van der Waals surface area (Å²) in [5.41, 5.74) is 0. The number of aryl methyl sites for hydroxylation is 1. The molecule has 1 N–H and O–H groups in total. The summed E-state index contributed by atoms with van der Waals surface area (Å²) in [5, 5.41) is 3.56. The van der Waals surface area contributed by atoms with Crippen LogP contribution in [0.4, 0.5) is 11.8 Å². The van der Waals surface area contributed by atoms with Gasteiger partial charge in [-0.1, -0.05) is 0 Å². The Labute approximate surface area is 142 Å². The van der Waals surface area contributed by atoms with Crippen LogP contribution < -0.4 is 10.2 Å². The zero-order chi connectivity index (χ0) is 16.2. The molecule has 0 unspecified atom stereocenters. The molecule has 2 aromatic rings. The molecule has 0 amide bonds. The first-order valence-electron chi connectivity index (χ1n) is 8.15. The fourth-order valence-corrected chi connectivity index (χ4v) is 3.81. The zero-order valence-corrected chi connectivity index (χ0v) is 14.9. The molecule has 0 bridgehead atoms. The summed E-state index contributed by atoms with van der Waals surface area (Å²) in [6, 6.07) is 6.93. The van der Waals surface area contributed by atoms with E-state index in [9.17, 15) is 0 Å². The van der Waals surface area contributed by atoms with Gasteiger partial charge in [-0.2, -0.15) is 4.98 Å². The summed E-state index contributed by atoms with van der Waals surface area (Å²) in [6.07, 6.45) is 4.14. The Morgan fingerprint density at radius 2 is 2.04 bits per heavy atom. The summed E-state index contributed by atoms with van der Waals surface area (Å²) in [7, 11) is 3.92. The summed E-state index contributed by atoms with van der Waals surface area (Å²) in [6.45, 7) is 5.54. The highest BCUT2D eigenvalue weighted by molar-refractivity contribution is 7.11. The van der Waals surface area contributed by atoms with Gasteiger partial charge in [-0.05, 0) is 38.0 Å². The minimum atomic E-state index is 0.501. The molecule has 1 aliphatic rings. The van der Waals surface area contributed by atoms with Gasteiger partial charge in [0.1, 0.15) is 5.82 Å². The SMILES string of the molecule is Cc1ccc(CN2CCC(Nc3ccnc(N(C)C)n3)CC2)s1. The first kappa shape index (κ1) is 16.2. The van der Waals surface area contributed by atoms with Crippen LogP contribution in [-0.2, 0) is 6.54 Å². The number of aromatic nitrogens is 2. The summed E-state index contributed by atoms with van der Waals surface area (Å²) < 4.78 is 0. The average molecular weight is 331 g/mol. The van der Waals surface area contributed by atoms with E-state index in [2.05, 4.69) is 39.2 Å². The van der Waals surface area contributed by atoms with Gasteiger partial charge in [0.2, 0.25) is 5.95 Å². The van der Waals surface area contributed by atoms with Crippen LogP contribution in [0.15, 0.2) is 24.4 Å². The van der Waals surface area contributed by atoms with Crippen molar-refractivity contribution in [3.8, 4) is 0 Å². The van der Waals surface area contributed by atoms with Crippen LogP contribution in [-0.4, -0.2) is 48.1 Å². The molecule has 0 radical (unpaired) electrons. The molecule has 23 heavy (non-hydrogen) atoms. The lowest BCUT2D eigenvalue weighted by molar-refractivity contribution is 0.213. The van der Waals surface area contributed by atoms with E-state index in [1.165, 1.54) is 9.75 Å². The normalized spacial score (nSPS) is 16.5. The van der Waals surface area contributed by atoms with Gasteiger partial charge in [-0.15, -0.1) is 11.3 Å². The Morgan fingerprint density at radius 3 is 2.70 bits per heavy atom. The van der Waals surface area contributed by atoms with Crippen molar-refractivity contribution in [2.75, 3.05) is 37.4 Å². The molecule has 3 heterocycles. The number of nitrogens with zero attached hydrogens (tertiary/aromatic N) is 4. The van der Waals surface area contributed by atoms with Crippen LogP contribution in [0.1, 0.15) is 22.6 Å². The molecular formula is C17H25N5S. The van der Waals surface area contributed by atoms with E-state index >= 15 is 0 Å². The van der Waals surface area contributed by atoms with Gasteiger partial charge < -0.3 is 10.2 Å². The second kappa shape index (κ2) is 7.27. The van der Waals surface area contributed by atoms with E-state index in [4.69, 9.17) is 0 Å². The number of nitrogens with one attached hydrogen (secondary N) is 1. The van der Waals surface area contributed by atoms with Gasteiger partial charge in [0.15, 0.2) is 0 Å². The number of piperidine rings is 1. The van der Waals surface area contributed by atoms with Crippen LogP contribution in [0.25, 0.3) is 0 Å². The van der Waals surface area contributed by atoms with Crippen LogP contribution in [0.3, 0.4) is 0 Å². The molecular weight excluding hydrogens is 306 g/mol. The number of rotatable bonds is 5. The predicted molar refractivity (Wildman–Crippen MR) is 97.3 cm³/mol. The molecule has 124 valence electrons. The molecule has 1 aliphatic heterocycles. The maximum Gasteiger partial charge on any atom is 0.226 e. The number of hydrogen-bond acceptors (Lipinski definition) is 6. The molecule has 5 nitrogen and oxygen atoms in total. The van der Waals surface area contributed by atoms with Gasteiger partial charge in [0.05, 0.1) is 0 Å². The van der Waals surface area contributed by atoms with Crippen molar-refractivity contribution in [2.45, 2.75) is 32.4 Å². The first-order chi connectivity index (χ1) is 11.1. The molecule has 2 aromatic heterocycles. The average Bonchev–Trinajstić information content (AvgIpc) is 2.94. The number of hydrogen-bond donors (Lipinski definition) is 1. The molecule has 0 aliphatic carbocycles. The molecule has 0 aromatic carbocycles. The van der Waals surface area contributed by atoms with E-state index in [1.54, 1.807) is 0 Å². The standard InChI is InChI=1S/C17H25N5S/c1-13-4-5-15(23-13)12-22-10-7-14(8-11-22)19-16-6-9-18-17(20-16)21(2)3/h4-6,9,14H,7-8,10-12H2,1-3H3,(H,18,19,20). The minimum absolute atomic E-state index is 0.501. The predicted octanol–water partition coefficient (Wildman–Crippen LogP) is 2.99. The Hall–Kier alpha value is -1.66. The minimum Gasteiger partial charge on any atom is -0.367 e. The lowest BCUT2D eigenvalue weighted by Gasteiger charge is -2.32. The van der Waals surface area contributed by atoms with Crippen molar-refractivity contribution in [3.05, 3.63) is 34.2 Å². The van der Waals surface area contributed by atoms with Gasteiger partial charge in [-0.25, -0.2) is 4.98 Å². The van der Waals surface area contributed by atoms with E-state index < -0.39 is 0 Å². The maximum atomic E-state index is 4.55. The third-order valence-corrected chi connectivity index (χ3v) is 5.14. The Morgan fingerprint density at radius 1 is 1.26 bits per heavy atom. The summed E-state index contributed by atoms with van der Waals surface area (Å²) >= 11 is 1.91. The van der Waals surface area contributed by atoms with E-state index in [0.29, 0.717) is 6.04 Å². The van der Waals surface area contributed by atoms with E-state index in [1.807, 2.05) is 42.6 Å². The smallest absolute Gasteiger partial charge is 0.226 e. The number of thiophene rings is 1. The highest BCUT2D eigenvalue weighted by Crippen LogP contribution is 2.21. The second-order valence-corrected chi connectivity index (χ2v) is 7.72. The zero-order valence-electron chi connectivity index (χ0n) is 14.1. The molecule has 0 saturated carbocycles. The number of likely N-dealkylation sites (tertiary alicyclic amines) is 1. The third kappa shape index (κ3) is 4.42. The monoisotopic (exact) mass is 331 g/mol. The number of anilines is 2. The molecule has 0 atom stereocenters. The van der Waals surface area contributed by atoms with Gasteiger partial charge in [-0.3, -0.25) is 4.90 Å². The molecule has 0 spiro atoms. The van der Waals surface area contributed by atoms with E-state index in [0.717, 1.165) is 44.2 Å². The maximum absolute atomic E-state index is 4.55. The second-order valence-electron chi connectivity index (χ2n) is 6.34. The van der Waals surface area contributed by atoms with Crippen LogP contribution >= 0.6 is 11.3 Å². The summed E-state index contributed by atoms with van der Waals surface area (Å²) in [5.74, 6) is 1.68. The van der Waals surface area contributed by atoms with Crippen molar-refractivity contribution >= 4 is 23.1 Å². The lowest BCUT2D eigenvalue weighted by atomic mass is 10.1. The quantitative estimate of drug-likeness (QED) is 0.912. The van der Waals surface area contributed by atoms with Gasteiger partial charge >= 0.3 is 0 Å². The van der Waals surface area contributed by atoms with Crippen LogP contribution in [0, 0.1) is 6.92 Å². The molecule has 6 heteroatoms. The van der Waals surface area contributed by atoms with Crippen LogP contribution in [0.2, 0.25) is 0 Å². The van der Waals surface area contributed by atoms with Gasteiger partial charge in [0.25, 0.3) is 0 Å². The Bertz CT molecular complexity index is 631. The fourth-order valence-electron chi connectivity index (χ4n) is 2.88.